The first-order valence-corrected chi connectivity index (χ1v) is 13.3. The zero-order chi connectivity index (χ0) is 26.3. The molecule has 0 fully saturated rings. The van der Waals surface area contributed by atoms with Gasteiger partial charge < -0.3 is 9.47 Å². The maximum absolute atomic E-state index is 12.4. The van der Waals surface area contributed by atoms with E-state index >= 15 is 0 Å². The fraction of sp³-hybridized carbons (Fsp3) is 0.143. The molecule has 1 amide bonds. The number of hydrogen-bond acceptors (Lipinski definition) is 6. The summed E-state index contributed by atoms with van der Waals surface area (Å²) in [5.74, 6) is 0.709. The van der Waals surface area contributed by atoms with Crippen LogP contribution >= 0.6 is 0 Å². The number of hydrogen-bond donors (Lipinski definition) is 1. The highest BCUT2D eigenvalue weighted by atomic mass is 32.2. The van der Waals surface area contributed by atoms with Crippen LogP contribution in [0.3, 0.4) is 0 Å². The van der Waals surface area contributed by atoms with E-state index in [1.807, 2.05) is 48.5 Å². The summed E-state index contributed by atoms with van der Waals surface area (Å²) in [5.41, 5.74) is 4.57. The third kappa shape index (κ3) is 6.86. The molecule has 37 heavy (non-hydrogen) atoms. The van der Waals surface area contributed by atoms with Crippen LogP contribution in [0.25, 0.3) is 10.8 Å². The number of sulfonamides is 1. The lowest BCUT2D eigenvalue weighted by atomic mass is 10.1. The van der Waals surface area contributed by atoms with E-state index in [9.17, 15) is 13.2 Å². The molecular formula is C28H27N3O5S. The average Bonchev–Trinajstić information content (AvgIpc) is 2.91. The van der Waals surface area contributed by atoms with Crippen molar-refractivity contribution in [3.8, 4) is 11.5 Å². The van der Waals surface area contributed by atoms with Gasteiger partial charge in [-0.2, -0.15) is 5.10 Å². The monoisotopic (exact) mass is 517 g/mol. The second-order valence-corrected chi connectivity index (χ2v) is 10.2. The van der Waals surface area contributed by atoms with E-state index in [0.29, 0.717) is 23.8 Å². The molecule has 0 aliphatic carbocycles. The second kappa shape index (κ2) is 11.6. The normalized spacial score (nSPS) is 11.4. The van der Waals surface area contributed by atoms with E-state index in [0.717, 1.165) is 27.1 Å². The summed E-state index contributed by atoms with van der Waals surface area (Å²) in [6.45, 7) is 0.0271. The molecule has 8 nitrogen and oxygen atoms in total. The standard InChI is InChI=1S/C28H27N3O5S/c1-35-25-16-12-24(13-17-25)31(37(2,33)34)19-28(32)30-29-18-21-10-14-26(15-11-21)36-20-23-8-5-7-22-6-3-4-9-27(22)23/h3-18H,19-20H2,1-2H3,(H,30,32)/b29-18-. The average molecular weight is 518 g/mol. The molecular weight excluding hydrogens is 490 g/mol. The van der Waals surface area contributed by atoms with Gasteiger partial charge in [0.05, 0.1) is 25.3 Å². The Bertz CT molecular complexity index is 1500. The minimum atomic E-state index is -3.69. The van der Waals surface area contributed by atoms with Gasteiger partial charge in [-0.3, -0.25) is 9.10 Å². The lowest BCUT2D eigenvalue weighted by Gasteiger charge is -2.21. The van der Waals surface area contributed by atoms with Gasteiger partial charge in [-0.25, -0.2) is 13.8 Å². The molecule has 190 valence electrons. The Labute approximate surface area is 216 Å². The molecule has 0 radical (unpaired) electrons. The topological polar surface area (TPSA) is 97.3 Å². The van der Waals surface area contributed by atoms with Crippen molar-refractivity contribution < 1.29 is 22.7 Å². The number of nitrogens with zero attached hydrogens (tertiary/aromatic N) is 2. The molecule has 0 aliphatic heterocycles. The molecule has 4 aromatic carbocycles. The Morgan fingerprint density at radius 3 is 2.30 bits per heavy atom. The number of hydrazone groups is 1. The van der Waals surface area contributed by atoms with Crippen LogP contribution in [0, 0.1) is 0 Å². The third-order valence-electron chi connectivity index (χ3n) is 5.61. The number of carbonyl (C=O) groups excluding carboxylic acids is 1. The van der Waals surface area contributed by atoms with Crippen molar-refractivity contribution in [2.45, 2.75) is 6.61 Å². The van der Waals surface area contributed by atoms with Crippen molar-refractivity contribution in [3.63, 3.8) is 0 Å². The van der Waals surface area contributed by atoms with Crippen molar-refractivity contribution in [2.24, 2.45) is 5.10 Å². The number of anilines is 1. The first-order valence-electron chi connectivity index (χ1n) is 11.5. The molecule has 1 N–H and O–H groups in total. The Morgan fingerprint density at radius 1 is 0.919 bits per heavy atom. The van der Waals surface area contributed by atoms with Crippen LogP contribution in [0.1, 0.15) is 11.1 Å². The first-order chi connectivity index (χ1) is 17.8. The van der Waals surface area contributed by atoms with Crippen LogP contribution in [0.15, 0.2) is 96.1 Å². The second-order valence-electron chi connectivity index (χ2n) is 8.26. The van der Waals surface area contributed by atoms with Crippen molar-refractivity contribution in [1.29, 1.82) is 0 Å². The lowest BCUT2D eigenvalue weighted by molar-refractivity contribution is -0.119. The maximum Gasteiger partial charge on any atom is 0.260 e. The van der Waals surface area contributed by atoms with E-state index in [-0.39, 0.29) is 0 Å². The zero-order valence-electron chi connectivity index (χ0n) is 20.5. The Hall–Kier alpha value is -4.37. The van der Waals surface area contributed by atoms with Crippen LogP contribution < -0.4 is 19.2 Å². The number of nitrogens with one attached hydrogen (secondary N) is 1. The van der Waals surface area contributed by atoms with Gasteiger partial charge in [-0.15, -0.1) is 0 Å². The van der Waals surface area contributed by atoms with E-state index in [4.69, 9.17) is 9.47 Å². The zero-order valence-corrected chi connectivity index (χ0v) is 21.3. The predicted molar refractivity (Wildman–Crippen MR) is 146 cm³/mol. The molecule has 4 aromatic rings. The van der Waals surface area contributed by atoms with Gasteiger partial charge >= 0.3 is 0 Å². The SMILES string of the molecule is COc1ccc(N(CC(=O)N/N=C\c2ccc(OCc3cccc4ccccc34)cc2)S(C)(=O)=O)cc1. The molecule has 0 saturated heterocycles. The van der Waals surface area contributed by atoms with Crippen molar-refractivity contribution in [3.05, 3.63) is 102 Å². The number of carbonyl (C=O) groups is 1. The summed E-state index contributed by atoms with van der Waals surface area (Å²) in [5, 5.41) is 6.27. The maximum atomic E-state index is 12.4. The summed E-state index contributed by atoms with van der Waals surface area (Å²) in [6.07, 6.45) is 2.52. The summed E-state index contributed by atoms with van der Waals surface area (Å²) >= 11 is 0. The summed E-state index contributed by atoms with van der Waals surface area (Å²) in [7, 11) is -2.17. The summed E-state index contributed by atoms with van der Waals surface area (Å²) in [6, 6.07) is 28.0. The molecule has 0 unspecified atom stereocenters. The third-order valence-corrected chi connectivity index (χ3v) is 6.75. The smallest absolute Gasteiger partial charge is 0.260 e. The van der Waals surface area contributed by atoms with Gasteiger partial charge in [0.1, 0.15) is 24.7 Å². The Balaban J connectivity index is 1.32. The molecule has 9 heteroatoms. The molecule has 0 aliphatic rings. The van der Waals surface area contributed by atoms with Gasteiger partial charge in [0.15, 0.2) is 0 Å². The van der Waals surface area contributed by atoms with Gasteiger partial charge in [0.2, 0.25) is 10.0 Å². The highest BCUT2D eigenvalue weighted by Gasteiger charge is 2.20. The van der Waals surface area contributed by atoms with E-state index < -0.39 is 22.5 Å². The van der Waals surface area contributed by atoms with Gasteiger partial charge in [0.25, 0.3) is 5.91 Å². The molecule has 0 bridgehead atoms. The quantitative estimate of drug-likeness (QED) is 0.249. The lowest BCUT2D eigenvalue weighted by Crippen LogP contribution is -2.39. The molecule has 0 heterocycles. The Morgan fingerprint density at radius 2 is 1.59 bits per heavy atom. The number of ether oxygens (including phenoxy) is 2. The number of rotatable bonds is 10. The summed E-state index contributed by atoms with van der Waals surface area (Å²) in [4.78, 5) is 12.4. The van der Waals surface area contributed by atoms with Crippen LogP contribution in [0.4, 0.5) is 5.69 Å². The van der Waals surface area contributed by atoms with Crippen LogP contribution in [0.5, 0.6) is 11.5 Å². The fourth-order valence-corrected chi connectivity index (χ4v) is 4.58. The van der Waals surface area contributed by atoms with Crippen LogP contribution in [0.2, 0.25) is 0 Å². The molecule has 0 saturated carbocycles. The van der Waals surface area contributed by atoms with Gasteiger partial charge in [0, 0.05) is 0 Å². The van der Waals surface area contributed by atoms with Crippen molar-refractivity contribution in [1.82, 2.24) is 5.43 Å². The molecule has 0 atom stereocenters. The van der Waals surface area contributed by atoms with E-state index in [1.165, 1.54) is 18.7 Å². The van der Waals surface area contributed by atoms with Crippen LogP contribution in [-0.4, -0.2) is 40.4 Å². The Kier molecular flexibility index (Phi) is 8.05. The fourth-order valence-electron chi connectivity index (χ4n) is 3.72. The number of amides is 1. The molecule has 0 aromatic heterocycles. The minimum absolute atomic E-state index is 0.349. The molecule has 0 spiro atoms. The highest BCUT2D eigenvalue weighted by Crippen LogP contribution is 2.22. The van der Waals surface area contributed by atoms with Gasteiger partial charge in [-0.05, 0) is 70.4 Å². The summed E-state index contributed by atoms with van der Waals surface area (Å²) < 4.78 is 36.5. The predicted octanol–water partition coefficient (Wildman–Crippen LogP) is 4.34. The van der Waals surface area contributed by atoms with Crippen molar-refractivity contribution >= 4 is 38.6 Å². The van der Waals surface area contributed by atoms with Crippen LogP contribution in [-0.2, 0) is 21.4 Å². The number of methoxy groups -OCH3 is 1. The highest BCUT2D eigenvalue weighted by molar-refractivity contribution is 7.92. The van der Waals surface area contributed by atoms with E-state index in [2.05, 4.69) is 28.7 Å². The largest absolute Gasteiger partial charge is 0.497 e. The van der Waals surface area contributed by atoms with Crippen molar-refractivity contribution in [2.75, 3.05) is 24.2 Å². The minimum Gasteiger partial charge on any atom is -0.497 e. The number of fused-ring (bicyclic) bond motifs is 1. The van der Waals surface area contributed by atoms with E-state index in [1.54, 1.807) is 24.3 Å². The first kappa shape index (κ1) is 25.7. The number of benzene rings is 4. The molecule has 4 rings (SSSR count). The van der Waals surface area contributed by atoms with Gasteiger partial charge in [-0.1, -0.05) is 42.5 Å².